The highest BCUT2D eigenvalue weighted by Gasteiger charge is 2.26. The molecule has 0 spiro atoms. The third-order valence-electron chi connectivity index (χ3n) is 8.75. The minimum atomic E-state index is -0.0563. The maximum atomic E-state index is 13.9. The molecule has 4 aromatic rings. The van der Waals surface area contributed by atoms with Gasteiger partial charge in [-0.2, -0.15) is 0 Å². The lowest BCUT2D eigenvalue weighted by Gasteiger charge is -2.26. The van der Waals surface area contributed by atoms with Crippen LogP contribution < -0.4 is 0 Å². The zero-order valence-corrected chi connectivity index (χ0v) is 29.1. The van der Waals surface area contributed by atoms with Crippen molar-refractivity contribution in [1.82, 2.24) is 19.8 Å². The number of para-hydroxylation sites is 2. The predicted molar refractivity (Wildman–Crippen MR) is 189 cm³/mol. The quantitative estimate of drug-likeness (QED) is 0.136. The monoisotopic (exact) mass is 690 g/mol. The highest BCUT2D eigenvalue weighted by Crippen LogP contribution is 2.43. The number of methoxy groups -OCH3 is 2. The Labute approximate surface area is 289 Å². The van der Waals surface area contributed by atoms with E-state index in [9.17, 15) is 9.59 Å². The first-order valence-corrected chi connectivity index (χ1v) is 18.6. The number of hydrogen-bond donors (Lipinski definition) is 0. The minimum absolute atomic E-state index is 0.0429. The van der Waals surface area contributed by atoms with Crippen LogP contribution in [0.3, 0.4) is 0 Å². The standard InChI is InChI=1S/C36H42N4O6S2/c1-43-21-17-39(23-25-7-5-19-45-25)35(41)29-13-15-37-33-27(29)9-3-11-31(33)47-48-32-12-4-10-28-30(14-16-38-34(28)32)36(42)40(18-22-44-2)24-26-8-6-20-46-26/h3-4,9-16,25-26H,5-8,17-24H2,1-2H3. The Bertz CT molecular complexity index is 1590. The highest BCUT2D eigenvalue weighted by molar-refractivity contribution is 8.76. The molecule has 2 aromatic carbocycles. The smallest absolute Gasteiger partial charge is 0.254 e. The van der Waals surface area contributed by atoms with Crippen molar-refractivity contribution in [2.45, 2.75) is 47.7 Å². The minimum Gasteiger partial charge on any atom is -0.383 e. The fourth-order valence-corrected chi connectivity index (χ4v) is 8.54. The molecule has 12 heteroatoms. The molecule has 0 radical (unpaired) electrons. The Balaban J connectivity index is 1.23. The second kappa shape index (κ2) is 16.9. The van der Waals surface area contributed by atoms with E-state index in [1.165, 1.54) is 0 Å². The number of benzene rings is 2. The van der Waals surface area contributed by atoms with Gasteiger partial charge in [-0.1, -0.05) is 45.9 Å². The van der Waals surface area contributed by atoms with Gasteiger partial charge in [-0.05, 0) is 49.9 Å². The van der Waals surface area contributed by atoms with Gasteiger partial charge in [0.25, 0.3) is 11.8 Å². The molecule has 48 heavy (non-hydrogen) atoms. The lowest BCUT2D eigenvalue weighted by atomic mass is 10.1. The van der Waals surface area contributed by atoms with Crippen LogP contribution in [0.25, 0.3) is 21.8 Å². The van der Waals surface area contributed by atoms with Gasteiger partial charge < -0.3 is 28.7 Å². The van der Waals surface area contributed by atoms with Crippen molar-refractivity contribution in [3.63, 3.8) is 0 Å². The van der Waals surface area contributed by atoms with E-state index in [2.05, 4.69) is 0 Å². The Morgan fingerprint density at radius 1 is 0.729 bits per heavy atom. The molecule has 2 atom stereocenters. The van der Waals surface area contributed by atoms with E-state index in [-0.39, 0.29) is 24.0 Å². The molecule has 2 amide bonds. The van der Waals surface area contributed by atoms with Crippen molar-refractivity contribution in [2.24, 2.45) is 0 Å². The normalized spacial score (nSPS) is 17.7. The Morgan fingerprint density at radius 2 is 1.19 bits per heavy atom. The number of fused-ring (bicyclic) bond motifs is 2. The summed E-state index contributed by atoms with van der Waals surface area (Å²) < 4.78 is 22.3. The molecule has 2 aliphatic heterocycles. The number of hydrogen-bond acceptors (Lipinski definition) is 10. The van der Waals surface area contributed by atoms with Crippen LogP contribution in [0.4, 0.5) is 0 Å². The molecule has 2 saturated heterocycles. The van der Waals surface area contributed by atoms with Gasteiger partial charge in [0.2, 0.25) is 0 Å². The zero-order chi connectivity index (χ0) is 33.3. The molecular weight excluding hydrogens is 649 g/mol. The molecule has 6 rings (SSSR count). The van der Waals surface area contributed by atoms with Crippen LogP contribution in [0.5, 0.6) is 0 Å². The molecule has 2 aromatic heterocycles. The number of carbonyl (C=O) groups excluding carboxylic acids is 2. The molecule has 2 unspecified atom stereocenters. The highest BCUT2D eigenvalue weighted by atomic mass is 33.1. The third kappa shape index (κ3) is 8.12. The van der Waals surface area contributed by atoms with Crippen molar-refractivity contribution in [3.8, 4) is 0 Å². The Hall–Kier alpha value is -3.26. The lowest BCUT2D eigenvalue weighted by molar-refractivity contribution is 0.0456. The van der Waals surface area contributed by atoms with Gasteiger partial charge in [0.1, 0.15) is 0 Å². The summed E-state index contributed by atoms with van der Waals surface area (Å²) in [4.78, 5) is 42.7. The summed E-state index contributed by atoms with van der Waals surface area (Å²) in [6.07, 6.45) is 7.42. The molecule has 2 fully saturated rings. The third-order valence-corrected chi connectivity index (χ3v) is 11.2. The summed E-state index contributed by atoms with van der Waals surface area (Å²) in [5.74, 6) is -0.113. The van der Waals surface area contributed by atoms with Crippen molar-refractivity contribution < 1.29 is 28.5 Å². The topological polar surface area (TPSA) is 103 Å². The summed E-state index contributed by atoms with van der Waals surface area (Å²) >= 11 is 0. The van der Waals surface area contributed by atoms with Crippen molar-refractivity contribution in [3.05, 3.63) is 72.1 Å². The van der Waals surface area contributed by atoms with Gasteiger partial charge in [0.15, 0.2) is 0 Å². The van der Waals surface area contributed by atoms with E-state index in [1.54, 1.807) is 60.3 Å². The van der Waals surface area contributed by atoms with Crippen LogP contribution in [0.2, 0.25) is 0 Å². The summed E-state index contributed by atoms with van der Waals surface area (Å²) in [7, 11) is 6.41. The van der Waals surface area contributed by atoms with Crippen molar-refractivity contribution >= 4 is 55.2 Å². The Kier molecular flexibility index (Phi) is 12.2. The van der Waals surface area contributed by atoms with Crippen LogP contribution in [-0.4, -0.2) is 111 Å². The summed E-state index contributed by atoms with van der Waals surface area (Å²) in [5, 5.41) is 1.60. The van der Waals surface area contributed by atoms with E-state index in [0.29, 0.717) is 50.5 Å². The van der Waals surface area contributed by atoms with Crippen LogP contribution in [-0.2, 0) is 18.9 Å². The van der Waals surface area contributed by atoms with Gasteiger partial charge in [-0.3, -0.25) is 19.6 Å². The maximum absolute atomic E-state index is 13.9. The summed E-state index contributed by atoms with van der Waals surface area (Å²) in [6.45, 7) is 4.42. The molecular formula is C36H42N4O6S2. The second-order valence-electron chi connectivity index (χ2n) is 11.9. The lowest BCUT2D eigenvalue weighted by Crippen LogP contribution is -2.39. The SMILES string of the molecule is COCCN(CC1CCCO1)C(=O)c1ccnc2c(SSc3cccc4c(C(=O)N(CCOC)CC5CCCO5)ccnc34)cccc12. The van der Waals surface area contributed by atoms with Gasteiger partial charge in [-0.25, -0.2) is 0 Å². The molecule has 0 aliphatic carbocycles. The van der Waals surface area contributed by atoms with Gasteiger partial charge in [0, 0.05) is 86.6 Å². The van der Waals surface area contributed by atoms with Crippen LogP contribution in [0, 0.1) is 0 Å². The van der Waals surface area contributed by atoms with Crippen LogP contribution in [0.1, 0.15) is 46.4 Å². The molecule has 254 valence electrons. The van der Waals surface area contributed by atoms with E-state index < -0.39 is 0 Å². The summed E-state index contributed by atoms with van der Waals surface area (Å²) in [5.41, 5.74) is 2.74. The second-order valence-corrected chi connectivity index (χ2v) is 14.2. The number of aromatic nitrogens is 2. The van der Waals surface area contributed by atoms with Crippen molar-refractivity contribution in [1.29, 1.82) is 0 Å². The molecule has 10 nitrogen and oxygen atoms in total. The first kappa shape index (κ1) is 34.6. The number of pyridine rings is 2. The molecule has 2 aliphatic rings. The van der Waals surface area contributed by atoms with E-state index >= 15 is 0 Å². The zero-order valence-electron chi connectivity index (χ0n) is 27.5. The van der Waals surface area contributed by atoms with E-state index in [4.69, 9.17) is 28.9 Å². The number of nitrogens with zero attached hydrogens (tertiary/aromatic N) is 4. The fraction of sp³-hybridized carbons (Fsp3) is 0.444. The van der Waals surface area contributed by atoms with Gasteiger partial charge in [0.05, 0.1) is 47.6 Å². The predicted octanol–water partition coefficient (Wildman–Crippen LogP) is 6.12. The summed E-state index contributed by atoms with van der Waals surface area (Å²) in [6, 6.07) is 15.5. The van der Waals surface area contributed by atoms with Gasteiger partial charge in [-0.15, -0.1) is 0 Å². The van der Waals surface area contributed by atoms with Gasteiger partial charge >= 0.3 is 0 Å². The van der Waals surface area contributed by atoms with E-state index in [1.807, 2.05) is 46.2 Å². The number of amides is 2. The first-order chi connectivity index (χ1) is 23.6. The van der Waals surface area contributed by atoms with Crippen LogP contribution in [0.15, 0.2) is 70.7 Å². The average molecular weight is 691 g/mol. The molecule has 0 N–H and O–H groups in total. The Morgan fingerprint density at radius 3 is 1.58 bits per heavy atom. The maximum Gasteiger partial charge on any atom is 0.254 e. The first-order valence-electron chi connectivity index (χ1n) is 16.5. The number of ether oxygens (including phenoxy) is 4. The number of rotatable bonds is 15. The van der Waals surface area contributed by atoms with Crippen molar-refractivity contribution in [2.75, 3.05) is 66.8 Å². The molecule has 0 saturated carbocycles. The van der Waals surface area contributed by atoms with Crippen LogP contribution >= 0.6 is 21.6 Å². The molecule has 0 bridgehead atoms. The van der Waals surface area contributed by atoms with E-state index in [0.717, 1.165) is 70.5 Å². The molecule has 4 heterocycles. The average Bonchev–Trinajstić information content (AvgIpc) is 3.84. The fourth-order valence-electron chi connectivity index (χ4n) is 6.26. The largest absolute Gasteiger partial charge is 0.383 e. The number of carbonyl (C=O) groups is 2.